The fourth-order valence-corrected chi connectivity index (χ4v) is 2.62. The first-order valence-corrected chi connectivity index (χ1v) is 6.01. The molecule has 0 heterocycles. The summed E-state index contributed by atoms with van der Waals surface area (Å²) in [5.41, 5.74) is 0. The third-order valence-electron chi connectivity index (χ3n) is 1.02. The summed E-state index contributed by atoms with van der Waals surface area (Å²) in [6, 6.07) is 0. The number of nitrogens with zero attached hydrogens (tertiary/aromatic N) is 1. The number of aliphatic hydroxyl groups excluding tert-OH is 3. The minimum absolute atomic E-state index is 0.130. The van der Waals surface area contributed by atoms with E-state index in [4.69, 9.17) is 15.3 Å². The molecule has 0 radical (unpaired) electrons. The maximum absolute atomic E-state index is 8.59. The normalized spacial score (nSPS) is 11.3. The molecule has 0 aliphatic carbocycles. The zero-order valence-electron chi connectivity index (χ0n) is 6.41. The minimum atomic E-state index is -0.191. The molecule has 0 aromatic carbocycles. The van der Waals surface area contributed by atoms with E-state index < -0.39 is 0 Å². The van der Waals surface area contributed by atoms with Gasteiger partial charge in [-0.2, -0.15) is 0 Å². The van der Waals surface area contributed by atoms with Crippen LogP contribution >= 0.6 is 0 Å². The van der Waals surface area contributed by atoms with E-state index in [-0.39, 0.29) is 41.3 Å². The standard InChI is InChI=1S/C6H15INO3/c9-4-1-7-8(2-5-10)3-6-11/h9-11H,1-6H2/q-1. The van der Waals surface area contributed by atoms with Gasteiger partial charge >= 0.3 is 77.2 Å². The van der Waals surface area contributed by atoms with Gasteiger partial charge in [-0.1, -0.05) is 0 Å². The van der Waals surface area contributed by atoms with E-state index in [0.717, 1.165) is 4.43 Å². The van der Waals surface area contributed by atoms with E-state index in [1.807, 2.05) is 3.11 Å². The van der Waals surface area contributed by atoms with Crippen molar-refractivity contribution in [1.29, 1.82) is 0 Å². The molecular weight excluding hydrogens is 261 g/mol. The van der Waals surface area contributed by atoms with Gasteiger partial charge in [0.15, 0.2) is 0 Å². The summed E-state index contributed by atoms with van der Waals surface area (Å²) in [4.78, 5) is 0. The summed E-state index contributed by atoms with van der Waals surface area (Å²) < 4.78 is 2.83. The van der Waals surface area contributed by atoms with E-state index in [0.29, 0.717) is 13.1 Å². The second-order valence-electron chi connectivity index (χ2n) is 1.89. The van der Waals surface area contributed by atoms with Crippen LogP contribution in [0.25, 0.3) is 0 Å². The second kappa shape index (κ2) is 8.66. The van der Waals surface area contributed by atoms with Crippen LogP contribution in [0.4, 0.5) is 0 Å². The van der Waals surface area contributed by atoms with E-state index in [1.165, 1.54) is 0 Å². The van der Waals surface area contributed by atoms with Crippen molar-refractivity contribution in [1.82, 2.24) is 3.11 Å². The summed E-state index contributed by atoms with van der Waals surface area (Å²) in [7, 11) is 0. The molecule has 0 amide bonds. The zero-order chi connectivity index (χ0) is 8.53. The van der Waals surface area contributed by atoms with Crippen LogP contribution in [-0.4, -0.2) is 55.8 Å². The number of alkyl halides is 1. The molecule has 0 bridgehead atoms. The van der Waals surface area contributed by atoms with Crippen LogP contribution in [-0.2, 0) is 0 Å². The summed E-state index contributed by atoms with van der Waals surface area (Å²) in [5, 5.41) is 25.7. The van der Waals surface area contributed by atoms with Crippen molar-refractivity contribution >= 4 is 0 Å². The Morgan fingerprint density at radius 3 is 1.82 bits per heavy atom. The molecule has 0 saturated heterocycles. The Labute approximate surface area is 77.4 Å². The van der Waals surface area contributed by atoms with Crippen LogP contribution in [0.15, 0.2) is 0 Å². The van der Waals surface area contributed by atoms with Gasteiger partial charge in [0, 0.05) is 0 Å². The van der Waals surface area contributed by atoms with Gasteiger partial charge in [0.25, 0.3) is 0 Å². The molecule has 4 nitrogen and oxygen atoms in total. The molecule has 0 atom stereocenters. The Balaban J connectivity index is 3.34. The molecular formula is C6H15INO3-. The molecule has 0 aromatic rings. The second-order valence-corrected chi connectivity index (χ2v) is 5.01. The van der Waals surface area contributed by atoms with E-state index >= 15 is 0 Å². The van der Waals surface area contributed by atoms with Crippen molar-refractivity contribution in [2.24, 2.45) is 0 Å². The van der Waals surface area contributed by atoms with E-state index in [1.54, 1.807) is 0 Å². The molecule has 0 aliphatic rings. The van der Waals surface area contributed by atoms with Crippen molar-refractivity contribution in [3.8, 4) is 0 Å². The van der Waals surface area contributed by atoms with Crippen molar-refractivity contribution in [3.05, 3.63) is 0 Å². The molecule has 0 rings (SSSR count). The molecule has 0 fully saturated rings. The van der Waals surface area contributed by atoms with Gasteiger partial charge in [-0.3, -0.25) is 0 Å². The first-order chi connectivity index (χ1) is 5.35. The van der Waals surface area contributed by atoms with Crippen LogP contribution in [0.2, 0.25) is 0 Å². The number of hydrogen-bond donors (Lipinski definition) is 3. The van der Waals surface area contributed by atoms with Gasteiger partial charge in [0.1, 0.15) is 0 Å². The zero-order valence-corrected chi connectivity index (χ0v) is 8.57. The number of halogens is 1. The molecule has 0 unspecified atom stereocenters. The molecule has 70 valence electrons. The molecule has 0 aliphatic heterocycles. The molecule has 0 spiro atoms. The Kier molecular flexibility index (Phi) is 9.11. The van der Waals surface area contributed by atoms with Gasteiger partial charge in [0.2, 0.25) is 0 Å². The topological polar surface area (TPSA) is 63.9 Å². The van der Waals surface area contributed by atoms with Crippen LogP contribution < -0.4 is 21.5 Å². The summed E-state index contributed by atoms with van der Waals surface area (Å²) in [6.45, 7) is 1.71. The first kappa shape index (κ1) is 11.6. The Bertz CT molecular complexity index is 78.2. The van der Waals surface area contributed by atoms with Crippen LogP contribution in [0.5, 0.6) is 0 Å². The summed E-state index contributed by atoms with van der Waals surface area (Å²) in [5.74, 6) is 0. The van der Waals surface area contributed by atoms with Crippen LogP contribution in [0.3, 0.4) is 0 Å². The molecule has 3 N–H and O–H groups in total. The van der Waals surface area contributed by atoms with Gasteiger partial charge < -0.3 is 0 Å². The summed E-state index contributed by atoms with van der Waals surface area (Å²) >= 11 is -0.191. The van der Waals surface area contributed by atoms with Crippen molar-refractivity contribution < 1.29 is 36.8 Å². The average molecular weight is 276 g/mol. The van der Waals surface area contributed by atoms with Gasteiger partial charge in [-0.15, -0.1) is 0 Å². The quantitative estimate of drug-likeness (QED) is 0.248. The molecule has 0 aromatic heterocycles. The van der Waals surface area contributed by atoms with Gasteiger partial charge in [-0.05, 0) is 0 Å². The van der Waals surface area contributed by atoms with Gasteiger partial charge in [-0.25, -0.2) is 0 Å². The van der Waals surface area contributed by atoms with Gasteiger partial charge in [0.05, 0.1) is 0 Å². The molecule has 11 heavy (non-hydrogen) atoms. The Morgan fingerprint density at radius 1 is 0.909 bits per heavy atom. The van der Waals surface area contributed by atoms with Crippen molar-refractivity contribution in [2.45, 2.75) is 0 Å². The predicted molar refractivity (Wildman–Crippen MR) is 37.7 cm³/mol. The monoisotopic (exact) mass is 276 g/mol. The summed E-state index contributed by atoms with van der Waals surface area (Å²) in [6.07, 6.45) is 0. The van der Waals surface area contributed by atoms with E-state index in [9.17, 15) is 0 Å². The van der Waals surface area contributed by atoms with E-state index in [2.05, 4.69) is 0 Å². The molecule has 5 heteroatoms. The van der Waals surface area contributed by atoms with Crippen LogP contribution in [0.1, 0.15) is 0 Å². The fraction of sp³-hybridized carbons (Fsp3) is 1.00. The Morgan fingerprint density at radius 2 is 1.45 bits per heavy atom. The molecule has 0 saturated carbocycles. The Hall–Kier alpha value is 0.570. The third-order valence-corrected chi connectivity index (χ3v) is 3.92. The van der Waals surface area contributed by atoms with Crippen molar-refractivity contribution in [2.75, 3.05) is 37.3 Å². The predicted octanol–water partition coefficient (Wildman–Crippen LogP) is -4.73. The number of rotatable bonds is 7. The average Bonchev–Trinajstić information content (AvgIpc) is 2.01. The first-order valence-electron chi connectivity index (χ1n) is 3.52. The maximum atomic E-state index is 8.59. The SMILES string of the molecule is OCC[I-]N(CCO)CCO. The third kappa shape index (κ3) is 6.95. The number of aliphatic hydroxyl groups is 3. The van der Waals surface area contributed by atoms with Crippen LogP contribution in [0, 0.1) is 0 Å². The fourth-order valence-electron chi connectivity index (χ4n) is 0.606. The number of hydrogen-bond acceptors (Lipinski definition) is 4. The van der Waals surface area contributed by atoms with Crippen molar-refractivity contribution in [3.63, 3.8) is 0 Å².